The molecule has 0 saturated heterocycles. The van der Waals surface area contributed by atoms with Crippen LogP contribution in [-0.4, -0.2) is 38.8 Å². The Morgan fingerprint density at radius 3 is 2.61 bits per heavy atom. The molecule has 28 heavy (non-hydrogen) atoms. The second-order valence-electron chi connectivity index (χ2n) is 6.81. The lowest BCUT2D eigenvalue weighted by atomic mass is 10.0. The molecule has 1 heterocycles. The number of unbranched alkanes of at least 4 members (excludes halogenated alkanes) is 1. The van der Waals surface area contributed by atoms with Gasteiger partial charge in [0.15, 0.2) is 17.1 Å². The highest BCUT2D eigenvalue weighted by molar-refractivity contribution is 6.35. The zero-order valence-corrected chi connectivity index (χ0v) is 16.7. The van der Waals surface area contributed by atoms with E-state index in [1.807, 2.05) is 20.8 Å². The van der Waals surface area contributed by atoms with Crippen molar-refractivity contribution >= 4 is 34.2 Å². The van der Waals surface area contributed by atoms with Crippen molar-refractivity contribution in [3.05, 3.63) is 29.0 Å². The van der Waals surface area contributed by atoms with Gasteiger partial charge in [-0.2, -0.15) is 0 Å². The fourth-order valence-electron chi connectivity index (χ4n) is 2.68. The van der Waals surface area contributed by atoms with Gasteiger partial charge in [0.1, 0.15) is 10.9 Å². The number of carbonyl (C=O) groups is 2. The van der Waals surface area contributed by atoms with E-state index >= 15 is 0 Å². The second-order valence-corrected chi connectivity index (χ2v) is 7.17. The summed E-state index contributed by atoms with van der Waals surface area (Å²) < 4.78 is 5.60. The number of aromatic nitrogens is 1. The Balaban J connectivity index is 2.46. The van der Waals surface area contributed by atoms with Gasteiger partial charge < -0.3 is 20.3 Å². The number of benzene rings is 1. The molecule has 0 fully saturated rings. The quantitative estimate of drug-likeness (QED) is 0.388. The molecule has 2 rings (SSSR count). The van der Waals surface area contributed by atoms with Crippen molar-refractivity contribution in [2.45, 2.75) is 51.8 Å². The van der Waals surface area contributed by atoms with E-state index in [2.05, 4.69) is 10.3 Å². The van der Waals surface area contributed by atoms with E-state index in [-0.39, 0.29) is 23.1 Å². The van der Waals surface area contributed by atoms with Crippen LogP contribution >= 0.6 is 11.6 Å². The van der Waals surface area contributed by atoms with Crippen LogP contribution in [0.15, 0.2) is 18.2 Å². The van der Waals surface area contributed by atoms with Gasteiger partial charge in [-0.15, -0.1) is 0 Å². The van der Waals surface area contributed by atoms with Gasteiger partial charge in [-0.25, -0.2) is 9.78 Å². The molecule has 0 bridgehead atoms. The molecule has 1 atom stereocenters. The predicted octanol–water partition coefficient (Wildman–Crippen LogP) is 3.04. The molecular weight excluding hydrogens is 386 g/mol. The molecule has 9 heteroatoms. The summed E-state index contributed by atoms with van der Waals surface area (Å²) >= 11 is 6.16. The molecule has 1 unspecified atom stereocenters. The largest absolute Gasteiger partial charge is 0.505 e. The van der Waals surface area contributed by atoms with Crippen molar-refractivity contribution in [2.24, 2.45) is 5.73 Å². The number of carboxylic acids is 1. The van der Waals surface area contributed by atoms with Gasteiger partial charge in [0.25, 0.3) is 5.91 Å². The average molecular weight is 410 g/mol. The number of halogens is 1. The SMILES string of the molecule is CCCCC(N)(NC(=O)c1nc(Cl)c2ccc(OC(C)C)cc2c1O)C(=O)O. The Hall–Kier alpha value is -2.58. The fourth-order valence-corrected chi connectivity index (χ4v) is 2.93. The number of nitrogens with two attached hydrogens (primary N) is 1. The van der Waals surface area contributed by atoms with Gasteiger partial charge >= 0.3 is 5.97 Å². The van der Waals surface area contributed by atoms with E-state index in [4.69, 9.17) is 22.1 Å². The Morgan fingerprint density at radius 1 is 1.36 bits per heavy atom. The molecule has 0 aliphatic heterocycles. The zero-order valence-electron chi connectivity index (χ0n) is 16.0. The summed E-state index contributed by atoms with van der Waals surface area (Å²) in [6.45, 7) is 5.58. The topological polar surface area (TPSA) is 135 Å². The van der Waals surface area contributed by atoms with E-state index in [0.717, 1.165) is 0 Å². The minimum atomic E-state index is -1.98. The van der Waals surface area contributed by atoms with Crippen molar-refractivity contribution < 1.29 is 24.5 Å². The average Bonchev–Trinajstić information content (AvgIpc) is 2.62. The van der Waals surface area contributed by atoms with Gasteiger partial charge in [0.05, 0.1) is 6.10 Å². The van der Waals surface area contributed by atoms with E-state index in [9.17, 15) is 19.8 Å². The normalized spacial score (nSPS) is 13.4. The summed E-state index contributed by atoms with van der Waals surface area (Å²) in [7, 11) is 0. The first-order chi connectivity index (χ1) is 13.1. The molecule has 0 radical (unpaired) electrons. The third kappa shape index (κ3) is 4.63. The number of amides is 1. The standard InChI is InChI=1S/C19H24ClN3O5/c1-4-5-8-19(21,18(26)27)23-17(25)14-15(24)13-9-11(28-10(2)3)6-7-12(13)16(20)22-14/h6-7,9-10,24H,4-5,8,21H2,1-3H3,(H,23,25)(H,26,27). The van der Waals surface area contributed by atoms with Crippen molar-refractivity contribution in [1.82, 2.24) is 10.3 Å². The molecule has 0 aliphatic carbocycles. The predicted molar refractivity (Wildman–Crippen MR) is 106 cm³/mol. The molecule has 1 aromatic carbocycles. The number of nitrogens with zero attached hydrogens (tertiary/aromatic N) is 1. The number of hydrogen-bond acceptors (Lipinski definition) is 6. The molecule has 0 spiro atoms. The maximum absolute atomic E-state index is 12.6. The number of aliphatic carboxylic acids is 1. The first-order valence-electron chi connectivity index (χ1n) is 8.92. The van der Waals surface area contributed by atoms with Crippen LogP contribution in [0, 0.1) is 0 Å². The summed E-state index contributed by atoms with van der Waals surface area (Å²) in [5.41, 5.74) is 3.46. The Morgan fingerprint density at radius 2 is 2.04 bits per heavy atom. The third-order valence-corrected chi connectivity index (χ3v) is 4.42. The number of fused-ring (bicyclic) bond motifs is 1. The van der Waals surface area contributed by atoms with E-state index in [1.54, 1.807) is 18.2 Å². The Labute approximate surface area is 167 Å². The molecular formula is C19H24ClN3O5. The van der Waals surface area contributed by atoms with Crippen LogP contribution in [-0.2, 0) is 4.79 Å². The highest BCUT2D eigenvalue weighted by Gasteiger charge is 2.36. The number of carbonyl (C=O) groups excluding carboxylic acids is 1. The summed E-state index contributed by atoms with van der Waals surface area (Å²) in [4.78, 5) is 28.1. The van der Waals surface area contributed by atoms with Crippen LogP contribution in [0.5, 0.6) is 11.5 Å². The summed E-state index contributed by atoms with van der Waals surface area (Å²) in [5.74, 6) is -2.27. The number of pyridine rings is 1. The minimum absolute atomic E-state index is 0.0134. The van der Waals surface area contributed by atoms with Crippen LogP contribution in [0.4, 0.5) is 0 Å². The smallest absolute Gasteiger partial charge is 0.344 e. The lowest BCUT2D eigenvalue weighted by Crippen LogP contribution is -2.61. The summed E-state index contributed by atoms with van der Waals surface area (Å²) in [5, 5.41) is 22.9. The van der Waals surface area contributed by atoms with Gasteiger partial charge in [-0.1, -0.05) is 24.9 Å². The molecule has 8 nitrogen and oxygen atoms in total. The summed E-state index contributed by atoms with van der Waals surface area (Å²) in [6, 6.07) is 4.84. The van der Waals surface area contributed by atoms with Gasteiger partial charge in [-0.3, -0.25) is 10.5 Å². The van der Waals surface area contributed by atoms with Crippen LogP contribution < -0.4 is 15.8 Å². The van der Waals surface area contributed by atoms with Gasteiger partial charge in [0.2, 0.25) is 0 Å². The second kappa shape index (κ2) is 8.62. The molecule has 152 valence electrons. The van der Waals surface area contributed by atoms with E-state index < -0.39 is 29.0 Å². The van der Waals surface area contributed by atoms with E-state index in [0.29, 0.717) is 24.0 Å². The van der Waals surface area contributed by atoms with Crippen LogP contribution in [0.2, 0.25) is 5.15 Å². The third-order valence-electron chi connectivity index (χ3n) is 4.13. The highest BCUT2D eigenvalue weighted by Crippen LogP contribution is 2.35. The summed E-state index contributed by atoms with van der Waals surface area (Å²) in [6.07, 6.45) is 1.13. The number of carboxylic acid groups (broad SMARTS) is 1. The van der Waals surface area contributed by atoms with Crippen molar-refractivity contribution in [1.29, 1.82) is 0 Å². The molecule has 1 amide bonds. The zero-order chi connectivity index (χ0) is 21.1. The van der Waals surface area contributed by atoms with E-state index in [1.165, 1.54) is 0 Å². The lowest BCUT2D eigenvalue weighted by molar-refractivity contribution is -0.144. The molecule has 5 N–H and O–H groups in total. The van der Waals surface area contributed by atoms with Crippen LogP contribution in [0.3, 0.4) is 0 Å². The Bertz CT molecular complexity index is 903. The molecule has 0 saturated carbocycles. The van der Waals surface area contributed by atoms with Crippen molar-refractivity contribution in [3.8, 4) is 11.5 Å². The molecule has 0 aliphatic rings. The Kier molecular flexibility index (Phi) is 6.69. The molecule has 1 aromatic heterocycles. The van der Waals surface area contributed by atoms with Crippen molar-refractivity contribution in [2.75, 3.05) is 0 Å². The number of nitrogens with one attached hydrogen (secondary N) is 1. The maximum atomic E-state index is 12.6. The van der Waals surface area contributed by atoms with Crippen LogP contribution in [0.25, 0.3) is 10.8 Å². The van der Waals surface area contributed by atoms with Crippen LogP contribution in [0.1, 0.15) is 50.5 Å². The first kappa shape index (κ1) is 21.7. The fraction of sp³-hybridized carbons (Fsp3) is 0.421. The van der Waals surface area contributed by atoms with Crippen molar-refractivity contribution in [3.63, 3.8) is 0 Å². The lowest BCUT2D eigenvalue weighted by Gasteiger charge is -2.26. The number of ether oxygens (including phenoxy) is 1. The van der Waals surface area contributed by atoms with Gasteiger partial charge in [0, 0.05) is 10.8 Å². The minimum Gasteiger partial charge on any atom is -0.505 e. The number of aromatic hydroxyl groups is 1. The monoisotopic (exact) mass is 409 g/mol. The maximum Gasteiger partial charge on any atom is 0.344 e. The molecule has 2 aromatic rings. The van der Waals surface area contributed by atoms with Gasteiger partial charge in [-0.05, 0) is 44.9 Å². The first-order valence-corrected chi connectivity index (χ1v) is 9.30. The highest BCUT2D eigenvalue weighted by atomic mass is 35.5. The number of hydrogen-bond donors (Lipinski definition) is 4. The number of rotatable bonds is 8.